The first-order valence-electron chi connectivity index (χ1n) is 8.01. The molecule has 0 fully saturated rings. The summed E-state index contributed by atoms with van der Waals surface area (Å²) < 4.78 is 2.19. The topological polar surface area (TPSA) is 123 Å². The summed E-state index contributed by atoms with van der Waals surface area (Å²) in [5.74, 6) is -0.756. The van der Waals surface area contributed by atoms with E-state index < -0.39 is 16.5 Å². The number of hydrazone groups is 1. The highest BCUT2D eigenvalue weighted by molar-refractivity contribution is 9.10. The summed E-state index contributed by atoms with van der Waals surface area (Å²) in [6, 6.07) is 13.6. The Morgan fingerprint density at radius 1 is 1.32 bits per heavy atom. The lowest BCUT2D eigenvalue weighted by atomic mass is 10.2. The molecule has 0 unspecified atom stereocenters. The van der Waals surface area contributed by atoms with Crippen LogP contribution in [0.4, 0.5) is 5.69 Å². The third kappa shape index (κ3) is 4.80. The van der Waals surface area contributed by atoms with Crippen molar-refractivity contribution >= 4 is 33.7 Å². The van der Waals surface area contributed by atoms with E-state index in [2.05, 4.69) is 31.6 Å². The molecule has 9 nitrogen and oxygen atoms in total. The van der Waals surface area contributed by atoms with Crippen molar-refractivity contribution in [1.82, 2.24) is 15.2 Å². The standard InChI is InChI=1S/C18H14BrN5O4/c19-14-5-1-4-13(7-14)10-23-11-16(24(27)28)17(22-23)18(26)21-20-9-12-3-2-6-15(25)8-12/h1-9,11,25H,10H2,(H,21,26)/b20-9-. The Bertz CT molecular complexity index is 1060. The number of carbonyl (C=O) groups is 1. The number of nitrogens with zero attached hydrogens (tertiary/aromatic N) is 4. The van der Waals surface area contributed by atoms with E-state index in [1.54, 1.807) is 12.1 Å². The molecule has 0 aliphatic rings. The molecule has 1 aromatic heterocycles. The molecule has 1 heterocycles. The Kier molecular flexibility index (Phi) is 5.80. The number of phenolic OH excluding ortho intramolecular Hbond substituents is 1. The summed E-state index contributed by atoms with van der Waals surface area (Å²) in [5, 5.41) is 28.5. The van der Waals surface area contributed by atoms with E-state index in [4.69, 9.17) is 0 Å². The smallest absolute Gasteiger partial charge is 0.320 e. The predicted molar refractivity (Wildman–Crippen MR) is 105 cm³/mol. The molecular formula is C18H14BrN5O4. The van der Waals surface area contributed by atoms with Gasteiger partial charge >= 0.3 is 5.69 Å². The number of rotatable bonds is 6. The fourth-order valence-electron chi connectivity index (χ4n) is 2.43. The molecule has 142 valence electrons. The van der Waals surface area contributed by atoms with E-state index in [0.717, 1.165) is 10.0 Å². The average molecular weight is 444 g/mol. The molecule has 0 aliphatic carbocycles. The van der Waals surface area contributed by atoms with Gasteiger partial charge in [-0.2, -0.15) is 10.2 Å². The lowest BCUT2D eigenvalue weighted by Gasteiger charge is -2.01. The molecule has 1 amide bonds. The maximum atomic E-state index is 12.3. The molecule has 0 atom stereocenters. The number of halogens is 1. The van der Waals surface area contributed by atoms with Gasteiger partial charge in [0.2, 0.25) is 5.69 Å². The fourth-order valence-corrected chi connectivity index (χ4v) is 2.88. The summed E-state index contributed by atoms with van der Waals surface area (Å²) in [6.45, 7) is 0.264. The van der Waals surface area contributed by atoms with Gasteiger partial charge in [0, 0.05) is 4.47 Å². The molecule has 10 heteroatoms. The molecule has 2 N–H and O–H groups in total. The maximum Gasteiger partial charge on any atom is 0.320 e. The van der Waals surface area contributed by atoms with Gasteiger partial charge in [-0.15, -0.1) is 0 Å². The third-order valence-electron chi connectivity index (χ3n) is 3.64. The number of aromatic hydroxyl groups is 1. The maximum absolute atomic E-state index is 12.3. The van der Waals surface area contributed by atoms with Crippen molar-refractivity contribution in [1.29, 1.82) is 0 Å². The number of hydrogen-bond donors (Lipinski definition) is 2. The number of nitro groups is 1. The van der Waals surface area contributed by atoms with Crippen LogP contribution in [-0.2, 0) is 6.54 Å². The van der Waals surface area contributed by atoms with Gasteiger partial charge in [0.1, 0.15) is 11.9 Å². The zero-order valence-electron chi connectivity index (χ0n) is 14.3. The molecule has 0 aliphatic heterocycles. The summed E-state index contributed by atoms with van der Waals surface area (Å²) in [6.07, 6.45) is 2.51. The number of benzene rings is 2. The van der Waals surface area contributed by atoms with Gasteiger partial charge in [-0.3, -0.25) is 19.6 Å². The van der Waals surface area contributed by atoms with Crippen molar-refractivity contribution in [2.45, 2.75) is 6.54 Å². The Hall–Kier alpha value is -3.53. The quantitative estimate of drug-likeness (QED) is 0.344. The molecule has 0 saturated heterocycles. The molecule has 3 rings (SSSR count). The second-order valence-electron chi connectivity index (χ2n) is 5.74. The van der Waals surface area contributed by atoms with Gasteiger partial charge in [0.15, 0.2) is 0 Å². The number of phenols is 1. The van der Waals surface area contributed by atoms with Gasteiger partial charge in [-0.1, -0.05) is 40.2 Å². The van der Waals surface area contributed by atoms with Crippen LogP contribution >= 0.6 is 15.9 Å². The number of hydrogen-bond acceptors (Lipinski definition) is 6. The minimum Gasteiger partial charge on any atom is -0.508 e. The van der Waals surface area contributed by atoms with Crippen LogP contribution in [0.2, 0.25) is 0 Å². The van der Waals surface area contributed by atoms with E-state index in [1.165, 1.54) is 29.2 Å². The summed E-state index contributed by atoms with van der Waals surface area (Å²) in [7, 11) is 0. The summed E-state index contributed by atoms with van der Waals surface area (Å²) in [4.78, 5) is 22.9. The van der Waals surface area contributed by atoms with Crippen LogP contribution in [0, 0.1) is 10.1 Å². The molecule has 28 heavy (non-hydrogen) atoms. The van der Waals surface area contributed by atoms with Crippen molar-refractivity contribution < 1.29 is 14.8 Å². The third-order valence-corrected chi connectivity index (χ3v) is 4.13. The van der Waals surface area contributed by atoms with Crippen molar-refractivity contribution in [3.05, 3.63) is 86.1 Å². The highest BCUT2D eigenvalue weighted by Gasteiger charge is 2.25. The first-order chi connectivity index (χ1) is 13.4. The Morgan fingerprint density at radius 3 is 2.82 bits per heavy atom. The van der Waals surface area contributed by atoms with Crippen LogP contribution in [-0.4, -0.2) is 31.9 Å². The van der Waals surface area contributed by atoms with E-state index in [-0.39, 0.29) is 18.0 Å². The normalized spacial score (nSPS) is 10.9. The van der Waals surface area contributed by atoms with Gasteiger partial charge in [-0.05, 0) is 35.4 Å². The van der Waals surface area contributed by atoms with Crippen molar-refractivity contribution in [3.63, 3.8) is 0 Å². The molecule has 2 aromatic carbocycles. The van der Waals surface area contributed by atoms with Crippen molar-refractivity contribution in [2.24, 2.45) is 5.10 Å². The second-order valence-corrected chi connectivity index (χ2v) is 6.66. The summed E-state index contributed by atoms with van der Waals surface area (Å²) >= 11 is 3.36. The minimum absolute atomic E-state index is 0.0530. The number of carbonyl (C=O) groups excluding carboxylic acids is 1. The van der Waals surface area contributed by atoms with E-state index >= 15 is 0 Å². The fraction of sp³-hybridized carbons (Fsp3) is 0.0556. The van der Waals surface area contributed by atoms with Crippen LogP contribution in [0.25, 0.3) is 0 Å². The van der Waals surface area contributed by atoms with Crippen LogP contribution in [0.1, 0.15) is 21.6 Å². The average Bonchev–Trinajstić information content (AvgIpc) is 3.06. The van der Waals surface area contributed by atoms with Crippen molar-refractivity contribution in [3.8, 4) is 5.75 Å². The SMILES string of the molecule is O=C(N/N=C\c1cccc(O)c1)c1nn(Cc2cccc(Br)c2)cc1[N+](=O)[O-]. The summed E-state index contributed by atoms with van der Waals surface area (Å²) in [5.41, 5.74) is 2.87. The lowest BCUT2D eigenvalue weighted by molar-refractivity contribution is -0.385. The molecule has 3 aromatic rings. The van der Waals surface area contributed by atoms with Gasteiger partial charge < -0.3 is 5.11 Å². The van der Waals surface area contributed by atoms with Gasteiger partial charge in [-0.25, -0.2) is 5.43 Å². The highest BCUT2D eigenvalue weighted by Crippen LogP contribution is 2.19. The zero-order valence-corrected chi connectivity index (χ0v) is 15.9. The van der Waals surface area contributed by atoms with Crippen molar-refractivity contribution in [2.75, 3.05) is 0 Å². The molecular weight excluding hydrogens is 430 g/mol. The Balaban J connectivity index is 1.77. The number of nitrogens with one attached hydrogen (secondary N) is 1. The monoisotopic (exact) mass is 443 g/mol. The lowest BCUT2D eigenvalue weighted by Crippen LogP contribution is -2.19. The van der Waals surface area contributed by atoms with Gasteiger partial charge in [0.05, 0.1) is 17.7 Å². The number of aromatic nitrogens is 2. The van der Waals surface area contributed by atoms with E-state index in [0.29, 0.717) is 5.56 Å². The molecule has 0 radical (unpaired) electrons. The Morgan fingerprint density at radius 2 is 2.11 bits per heavy atom. The zero-order chi connectivity index (χ0) is 20.1. The minimum atomic E-state index is -0.809. The Labute approximate surface area is 167 Å². The van der Waals surface area contributed by atoms with Crippen LogP contribution in [0.3, 0.4) is 0 Å². The first kappa shape index (κ1) is 19.2. The van der Waals surface area contributed by atoms with Crippen LogP contribution < -0.4 is 5.43 Å². The second kappa shape index (κ2) is 8.44. The number of amides is 1. The van der Waals surface area contributed by atoms with Crippen LogP contribution in [0.15, 0.2) is 64.3 Å². The highest BCUT2D eigenvalue weighted by atomic mass is 79.9. The largest absolute Gasteiger partial charge is 0.508 e. The molecule has 0 bridgehead atoms. The van der Waals surface area contributed by atoms with E-state index in [9.17, 15) is 20.0 Å². The predicted octanol–water partition coefficient (Wildman–Crippen LogP) is 3.07. The first-order valence-corrected chi connectivity index (χ1v) is 8.80. The van der Waals surface area contributed by atoms with E-state index in [1.807, 2.05) is 24.3 Å². The molecule has 0 spiro atoms. The van der Waals surface area contributed by atoms with Gasteiger partial charge in [0.25, 0.3) is 5.91 Å². The molecule has 0 saturated carbocycles. The van der Waals surface area contributed by atoms with Crippen LogP contribution in [0.5, 0.6) is 5.75 Å².